The lowest BCUT2D eigenvalue weighted by Gasteiger charge is -2.20. The van der Waals surface area contributed by atoms with Gasteiger partial charge in [-0.15, -0.1) is 0 Å². The van der Waals surface area contributed by atoms with Crippen molar-refractivity contribution in [2.24, 2.45) is 0 Å². The van der Waals surface area contributed by atoms with Crippen LogP contribution in [0.5, 0.6) is 0 Å². The van der Waals surface area contributed by atoms with Crippen LogP contribution in [0, 0.1) is 0 Å². The molecule has 0 saturated carbocycles. The van der Waals surface area contributed by atoms with Crippen LogP contribution in [0.1, 0.15) is 11.3 Å². The van der Waals surface area contributed by atoms with Crippen molar-refractivity contribution >= 4 is 23.0 Å². The zero-order valence-electron chi connectivity index (χ0n) is 9.93. The average molecular weight is 258 g/mol. The highest BCUT2D eigenvalue weighted by molar-refractivity contribution is 7.80. The molecular weight excluding hydrogens is 244 g/mol. The second-order valence-corrected chi connectivity index (χ2v) is 4.66. The van der Waals surface area contributed by atoms with Gasteiger partial charge in [-0.3, -0.25) is 0 Å². The Morgan fingerprint density at radius 1 is 1.28 bits per heavy atom. The summed E-state index contributed by atoms with van der Waals surface area (Å²) >= 11 is 5.44. The molecule has 1 N–H and O–H groups in total. The smallest absolute Gasteiger partial charge is 0.173 e. The number of anilines is 1. The highest BCUT2D eigenvalue weighted by Gasteiger charge is 2.21. The first-order valence-corrected chi connectivity index (χ1v) is 6.41. The maximum Gasteiger partial charge on any atom is 0.173 e. The Labute approximate surface area is 111 Å². The third-order valence-electron chi connectivity index (χ3n) is 3.13. The Kier molecular flexibility index (Phi) is 3.02. The number of para-hydroxylation sites is 1. The number of thiocarbonyl (C=S) groups is 1. The number of fused-ring (bicyclic) bond motifs is 1. The number of nitrogens with one attached hydrogen (secondary N) is 1. The summed E-state index contributed by atoms with van der Waals surface area (Å²) in [6.07, 6.45) is 2.73. The van der Waals surface area contributed by atoms with Crippen molar-refractivity contribution in [3.63, 3.8) is 0 Å². The van der Waals surface area contributed by atoms with Crippen molar-refractivity contribution in [2.45, 2.75) is 13.0 Å². The molecule has 2 aromatic rings. The quantitative estimate of drug-likeness (QED) is 0.838. The summed E-state index contributed by atoms with van der Waals surface area (Å²) in [5.74, 6) is 0.893. The summed E-state index contributed by atoms with van der Waals surface area (Å²) in [5.41, 5.74) is 2.58. The van der Waals surface area contributed by atoms with Crippen LogP contribution in [-0.4, -0.2) is 11.7 Å². The van der Waals surface area contributed by atoms with Gasteiger partial charge in [0.2, 0.25) is 0 Å². The van der Waals surface area contributed by atoms with Crippen LogP contribution in [0.4, 0.5) is 5.69 Å². The van der Waals surface area contributed by atoms with E-state index in [1.807, 2.05) is 18.2 Å². The van der Waals surface area contributed by atoms with Crippen molar-refractivity contribution in [1.82, 2.24) is 5.32 Å². The largest absolute Gasteiger partial charge is 0.467 e. The topological polar surface area (TPSA) is 28.4 Å². The van der Waals surface area contributed by atoms with Crippen molar-refractivity contribution in [3.8, 4) is 0 Å². The summed E-state index contributed by atoms with van der Waals surface area (Å²) in [5, 5.41) is 3.99. The molecule has 1 aliphatic rings. The lowest BCUT2D eigenvalue weighted by Crippen LogP contribution is -2.38. The molecule has 92 valence electrons. The summed E-state index contributed by atoms with van der Waals surface area (Å²) < 4.78 is 5.28. The molecule has 3 nitrogen and oxygen atoms in total. The number of furan rings is 1. The third kappa shape index (κ3) is 2.11. The van der Waals surface area contributed by atoms with Crippen LogP contribution >= 0.6 is 12.2 Å². The van der Waals surface area contributed by atoms with Gasteiger partial charge in [-0.05, 0) is 42.4 Å². The summed E-state index contributed by atoms with van der Waals surface area (Å²) in [6, 6.07) is 12.2. The van der Waals surface area contributed by atoms with Crippen LogP contribution < -0.4 is 10.2 Å². The van der Waals surface area contributed by atoms with Crippen LogP contribution in [0.15, 0.2) is 47.1 Å². The van der Waals surface area contributed by atoms with Crippen LogP contribution in [0.3, 0.4) is 0 Å². The minimum Gasteiger partial charge on any atom is -0.467 e. The summed E-state index contributed by atoms with van der Waals surface area (Å²) in [7, 11) is 0. The minimum absolute atomic E-state index is 0.629. The molecule has 1 aromatic carbocycles. The number of hydrogen-bond donors (Lipinski definition) is 1. The zero-order valence-corrected chi connectivity index (χ0v) is 10.7. The third-order valence-corrected chi connectivity index (χ3v) is 3.49. The maximum atomic E-state index is 5.44. The predicted octanol–water partition coefficient (Wildman–Crippen LogP) is 2.72. The first-order valence-electron chi connectivity index (χ1n) is 6.00. The Morgan fingerprint density at radius 2 is 2.17 bits per heavy atom. The summed E-state index contributed by atoms with van der Waals surface area (Å²) in [6.45, 7) is 1.58. The van der Waals surface area contributed by atoms with Crippen LogP contribution in [-0.2, 0) is 13.0 Å². The minimum atomic E-state index is 0.629. The molecule has 0 aliphatic carbocycles. The van der Waals surface area contributed by atoms with Gasteiger partial charge in [0.25, 0.3) is 0 Å². The van der Waals surface area contributed by atoms with Gasteiger partial charge in [-0.1, -0.05) is 18.2 Å². The molecule has 0 atom stereocenters. The van der Waals surface area contributed by atoms with E-state index in [-0.39, 0.29) is 0 Å². The van der Waals surface area contributed by atoms with Crippen molar-refractivity contribution in [3.05, 3.63) is 54.0 Å². The zero-order chi connectivity index (χ0) is 12.4. The molecule has 0 amide bonds. The Morgan fingerprint density at radius 3 is 3.00 bits per heavy atom. The van der Waals surface area contributed by atoms with Crippen LogP contribution in [0.2, 0.25) is 0 Å². The maximum absolute atomic E-state index is 5.44. The van der Waals surface area contributed by atoms with Crippen molar-refractivity contribution in [1.29, 1.82) is 0 Å². The second-order valence-electron chi connectivity index (χ2n) is 4.27. The lowest BCUT2D eigenvalue weighted by atomic mass is 10.2. The van der Waals surface area contributed by atoms with E-state index < -0.39 is 0 Å². The van der Waals surface area contributed by atoms with Gasteiger partial charge >= 0.3 is 0 Å². The fourth-order valence-electron chi connectivity index (χ4n) is 2.22. The van der Waals surface area contributed by atoms with Gasteiger partial charge in [-0.25, -0.2) is 0 Å². The molecule has 0 unspecified atom stereocenters. The second kappa shape index (κ2) is 4.82. The van der Waals surface area contributed by atoms with Gasteiger partial charge < -0.3 is 14.6 Å². The summed E-state index contributed by atoms with van der Waals surface area (Å²) in [4.78, 5) is 2.15. The Balaban J connectivity index is 1.67. The molecule has 0 fully saturated rings. The number of benzene rings is 1. The van der Waals surface area contributed by atoms with E-state index in [1.54, 1.807) is 6.26 Å². The highest BCUT2D eigenvalue weighted by atomic mass is 32.1. The molecule has 18 heavy (non-hydrogen) atoms. The first-order chi connectivity index (χ1) is 8.84. The fraction of sp³-hybridized carbons (Fsp3) is 0.214. The van der Waals surface area contributed by atoms with E-state index in [0.29, 0.717) is 6.54 Å². The van der Waals surface area contributed by atoms with E-state index >= 15 is 0 Å². The van der Waals surface area contributed by atoms with Gasteiger partial charge in [0.1, 0.15) is 5.76 Å². The van der Waals surface area contributed by atoms with E-state index in [0.717, 1.165) is 23.8 Å². The molecular formula is C14H14N2OS. The van der Waals surface area contributed by atoms with E-state index in [4.69, 9.17) is 16.6 Å². The standard InChI is InChI=1S/C14H14N2OS/c18-14(15-10-12-5-3-9-17-12)16-8-7-11-4-1-2-6-13(11)16/h1-6,9H,7-8,10H2,(H,15,18). The van der Waals surface area contributed by atoms with E-state index in [2.05, 4.69) is 28.4 Å². The van der Waals surface area contributed by atoms with Gasteiger partial charge in [0, 0.05) is 12.2 Å². The average Bonchev–Trinajstić information content (AvgIpc) is 3.05. The number of rotatable bonds is 2. The molecule has 0 radical (unpaired) electrons. The lowest BCUT2D eigenvalue weighted by molar-refractivity contribution is 0.503. The Hall–Kier alpha value is -1.81. The molecule has 2 heterocycles. The first kappa shape index (κ1) is 11.3. The number of nitrogens with zero attached hydrogens (tertiary/aromatic N) is 1. The normalized spacial score (nSPS) is 13.4. The van der Waals surface area contributed by atoms with Crippen LogP contribution in [0.25, 0.3) is 0 Å². The van der Waals surface area contributed by atoms with Crippen molar-refractivity contribution in [2.75, 3.05) is 11.4 Å². The monoisotopic (exact) mass is 258 g/mol. The predicted molar refractivity (Wildman–Crippen MR) is 75.6 cm³/mol. The van der Waals surface area contributed by atoms with Crippen molar-refractivity contribution < 1.29 is 4.42 Å². The fourth-order valence-corrected chi connectivity index (χ4v) is 2.48. The highest BCUT2D eigenvalue weighted by Crippen LogP contribution is 2.27. The van der Waals surface area contributed by atoms with E-state index in [1.165, 1.54) is 11.3 Å². The number of hydrogen-bond acceptors (Lipinski definition) is 2. The SMILES string of the molecule is S=C(NCc1ccco1)N1CCc2ccccc21. The van der Waals surface area contributed by atoms with Gasteiger partial charge in [-0.2, -0.15) is 0 Å². The molecule has 0 bridgehead atoms. The van der Waals surface area contributed by atoms with Gasteiger partial charge in [0.05, 0.1) is 12.8 Å². The molecule has 4 heteroatoms. The molecule has 0 spiro atoms. The Bertz CT molecular complexity index is 551. The molecule has 1 aliphatic heterocycles. The van der Waals surface area contributed by atoms with Gasteiger partial charge in [0.15, 0.2) is 5.11 Å². The molecule has 0 saturated heterocycles. The van der Waals surface area contributed by atoms with E-state index in [9.17, 15) is 0 Å². The molecule has 3 rings (SSSR count). The molecule has 1 aromatic heterocycles.